The number of carbonyl (C=O) groups excluding carboxylic acids is 1. The lowest BCUT2D eigenvalue weighted by Gasteiger charge is -2.43. The van der Waals surface area contributed by atoms with Gasteiger partial charge < -0.3 is 24.8 Å². The van der Waals surface area contributed by atoms with E-state index in [9.17, 15) is 4.79 Å². The third-order valence-electron chi connectivity index (χ3n) is 8.61. The monoisotopic (exact) mass is 517 g/mol. The SMILES string of the molecule is O=C1NCC2(CCCCC2)n2c1cc1cnc(Nc3ccc(N4CCN(N5CCOCC5)CC4)cn3)nc12. The normalized spacial score (nSPS) is 22.4. The molecule has 0 aromatic carbocycles. The maximum absolute atomic E-state index is 12.7. The second kappa shape index (κ2) is 9.79. The van der Waals surface area contributed by atoms with Gasteiger partial charge in [-0.2, -0.15) is 4.98 Å². The molecule has 11 heteroatoms. The average Bonchev–Trinajstić information content (AvgIpc) is 3.38. The molecule has 1 aliphatic carbocycles. The largest absolute Gasteiger partial charge is 0.379 e. The summed E-state index contributed by atoms with van der Waals surface area (Å²) in [5, 5.41) is 12.2. The Bertz CT molecular complexity index is 1300. The molecular weight excluding hydrogens is 482 g/mol. The van der Waals surface area contributed by atoms with Crippen molar-refractivity contribution in [3.05, 3.63) is 36.3 Å². The first-order valence-corrected chi connectivity index (χ1v) is 13.9. The van der Waals surface area contributed by atoms with Crippen LogP contribution in [0.3, 0.4) is 0 Å². The van der Waals surface area contributed by atoms with Gasteiger partial charge in [0.1, 0.15) is 17.2 Å². The number of aromatic nitrogens is 4. The van der Waals surface area contributed by atoms with Gasteiger partial charge in [-0.3, -0.25) is 4.79 Å². The Morgan fingerprint density at radius 3 is 2.47 bits per heavy atom. The number of rotatable bonds is 4. The van der Waals surface area contributed by atoms with Crippen molar-refractivity contribution in [2.75, 3.05) is 69.2 Å². The van der Waals surface area contributed by atoms with Gasteiger partial charge in [0, 0.05) is 57.4 Å². The summed E-state index contributed by atoms with van der Waals surface area (Å²) < 4.78 is 7.68. The van der Waals surface area contributed by atoms with Crippen molar-refractivity contribution < 1.29 is 9.53 Å². The summed E-state index contributed by atoms with van der Waals surface area (Å²) in [7, 11) is 0. The van der Waals surface area contributed by atoms with E-state index in [0.29, 0.717) is 24.0 Å². The minimum atomic E-state index is -0.0967. The number of ether oxygens (including phenoxy) is 1. The Morgan fingerprint density at radius 1 is 0.921 bits per heavy atom. The Morgan fingerprint density at radius 2 is 1.71 bits per heavy atom. The molecule has 200 valence electrons. The molecule has 38 heavy (non-hydrogen) atoms. The van der Waals surface area contributed by atoms with Crippen LogP contribution >= 0.6 is 0 Å². The van der Waals surface area contributed by atoms with Gasteiger partial charge in [-0.25, -0.2) is 20.0 Å². The van der Waals surface area contributed by atoms with Crippen LogP contribution in [0.25, 0.3) is 11.0 Å². The molecule has 7 rings (SSSR count). The summed E-state index contributed by atoms with van der Waals surface area (Å²) in [6.45, 7) is 8.23. The Labute approximate surface area is 222 Å². The number of morpholine rings is 1. The number of nitrogens with one attached hydrogen (secondary N) is 2. The molecule has 1 spiro atoms. The van der Waals surface area contributed by atoms with Crippen molar-refractivity contribution in [2.24, 2.45) is 0 Å². The average molecular weight is 518 g/mol. The lowest BCUT2D eigenvalue weighted by atomic mass is 9.80. The molecule has 3 aromatic heterocycles. The fourth-order valence-electron chi connectivity index (χ4n) is 6.56. The second-order valence-corrected chi connectivity index (χ2v) is 10.8. The van der Waals surface area contributed by atoms with E-state index >= 15 is 0 Å². The number of anilines is 3. The summed E-state index contributed by atoms with van der Waals surface area (Å²) >= 11 is 0. The number of amides is 1. The van der Waals surface area contributed by atoms with Crippen LogP contribution < -0.4 is 15.5 Å². The highest BCUT2D eigenvalue weighted by molar-refractivity contribution is 5.99. The second-order valence-electron chi connectivity index (χ2n) is 10.8. The summed E-state index contributed by atoms with van der Waals surface area (Å²) in [4.78, 5) is 29.2. The quantitative estimate of drug-likeness (QED) is 0.540. The van der Waals surface area contributed by atoms with Crippen LogP contribution in [0.5, 0.6) is 0 Å². The molecule has 0 radical (unpaired) electrons. The minimum Gasteiger partial charge on any atom is -0.379 e. The molecular formula is C27H35N9O2. The zero-order valence-corrected chi connectivity index (χ0v) is 21.7. The van der Waals surface area contributed by atoms with Gasteiger partial charge in [-0.05, 0) is 31.0 Å². The number of hydrogen-bond acceptors (Lipinski definition) is 9. The molecule has 11 nitrogen and oxygen atoms in total. The highest BCUT2D eigenvalue weighted by Gasteiger charge is 2.41. The van der Waals surface area contributed by atoms with Gasteiger partial charge in [0.25, 0.3) is 5.91 Å². The third kappa shape index (κ3) is 4.28. The molecule has 3 fully saturated rings. The maximum atomic E-state index is 12.7. The van der Waals surface area contributed by atoms with Gasteiger partial charge in [-0.15, -0.1) is 0 Å². The predicted molar refractivity (Wildman–Crippen MR) is 145 cm³/mol. The van der Waals surface area contributed by atoms with Crippen LogP contribution in [-0.2, 0) is 10.3 Å². The highest BCUT2D eigenvalue weighted by Crippen LogP contribution is 2.40. The molecule has 0 bridgehead atoms. The topological polar surface area (TPSA) is 104 Å². The van der Waals surface area contributed by atoms with Crippen LogP contribution in [0, 0.1) is 0 Å². The smallest absolute Gasteiger partial charge is 0.268 e. The van der Waals surface area contributed by atoms with Crippen molar-refractivity contribution in [2.45, 2.75) is 37.6 Å². The summed E-state index contributed by atoms with van der Waals surface area (Å²) in [5.41, 5.74) is 2.54. The molecule has 3 aromatic rings. The fourth-order valence-corrected chi connectivity index (χ4v) is 6.56. The summed E-state index contributed by atoms with van der Waals surface area (Å²) in [6.07, 6.45) is 9.43. The van der Waals surface area contributed by atoms with E-state index in [1.54, 1.807) is 0 Å². The number of hydrogen-bond donors (Lipinski definition) is 2. The van der Waals surface area contributed by atoms with Crippen molar-refractivity contribution in [1.29, 1.82) is 0 Å². The van der Waals surface area contributed by atoms with Gasteiger partial charge >= 0.3 is 0 Å². The first kappa shape index (κ1) is 23.8. The zero-order valence-electron chi connectivity index (χ0n) is 21.7. The maximum Gasteiger partial charge on any atom is 0.268 e. The molecule has 3 aliphatic heterocycles. The highest BCUT2D eigenvalue weighted by atomic mass is 16.5. The molecule has 1 saturated carbocycles. The molecule has 6 heterocycles. The van der Waals surface area contributed by atoms with Gasteiger partial charge in [0.05, 0.1) is 30.6 Å². The van der Waals surface area contributed by atoms with Crippen molar-refractivity contribution in [1.82, 2.24) is 34.9 Å². The van der Waals surface area contributed by atoms with Crippen molar-refractivity contribution in [3.8, 4) is 0 Å². The lowest BCUT2D eigenvalue weighted by Crippen LogP contribution is -2.56. The van der Waals surface area contributed by atoms with Crippen LogP contribution in [0.15, 0.2) is 30.6 Å². The number of fused-ring (bicyclic) bond motifs is 4. The van der Waals surface area contributed by atoms with Crippen LogP contribution in [0.4, 0.5) is 17.5 Å². The van der Waals surface area contributed by atoms with E-state index in [1.165, 1.54) is 19.3 Å². The van der Waals surface area contributed by atoms with E-state index < -0.39 is 0 Å². The van der Waals surface area contributed by atoms with Crippen molar-refractivity contribution in [3.63, 3.8) is 0 Å². The number of pyridine rings is 1. The third-order valence-corrected chi connectivity index (χ3v) is 8.61. The molecule has 4 aliphatic rings. The molecule has 0 unspecified atom stereocenters. The van der Waals surface area contributed by atoms with Crippen molar-refractivity contribution >= 4 is 34.4 Å². The lowest BCUT2D eigenvalue weighted by molar-refractivity contribution is -0.0919. The predicted octanol–water partition coefficient (Wildman–Crippen LogP) is 2.34. The number of hydrazine groups is 1. The van der Waals surface area contributed by atoms with Gasteiger partial charge in [0.15, 0.2) is 0 Å². The first-order chi connectivity index (χ1) is 18.7. The standard InChI is InChI=1S/C27H35N9O2/c37-25-22-16-20-17-29-26(32-24(20)36(22)27(19-30-25)6-2-1-3-7-27)31-23-5-4-21(18-28-23)33-8-10-34(11-9-33)35-12-14-38-15-13-35/h4-5,16-18H,1-3,6-15,19H2,(H,30,37)(H,28,29,31,32). The van der Waals surface area contributed by atoms with Crippen LogP contribution in [0.2, 0.25) is 0 Å². The fraction of sp³-hybridized carbons (Fsp3) is 0.556. The van der Waals surface area contributed by atoms with Gasteiger partial charge in [0.2, 0.25) is 5.95 Å². The summed E-state index contributed by atoms with van der Waals surface area (Å²) in [6, 6.07) is 6.02. The summed E-state index contributed by atoms with van der Waals surface area (Å²) in [5.74, 6) is 1.17. The molecule has 2 saturated heterocycles. The van der Waals surface area contributed by atoms with Crippen LogP contribution in [0.1, 0.15) is 42.6 Å². The number of piperazine rings is 1. The first-order valence-electron chi connectivity index (χ1n) is 13.9. The van der Waals surface area contributed by atoms with E-state index in [4.69, 9.17) is 9.72 Å². The van der Waals surface area contributed by atoms with E-state index in [-0.39, 0.29) is 11.4 Å². The Hall–Kier alpha value is -3.28. The number of nitrogens with zero attached hydrogens (tertiary/aromatic N) is 7. The molecule has 2 N–H and O–H groups in total. The van der Waals surface area contributed by atoms with Crippen LogP contribution in [-0.4, -0.2) is 94.5 Å². The molecule has 1 amide bonds. The van der Waals surface area contributed by atoms with E-state index in [2.05, 4.69) is 46.2 Å². The minimum absolute atomic E-state index is 0.0308. The number of carbonyl (C=O) groups is 1. The zero-order chi connectivity index (χ0) is 25.5. The van der Waals surface area contributed by atoms with E-state index in [0.717, 1.165) is 82.0 Å². The van der Waals surface area contributed by atoms with E-state index in [1.807, 2.05) is 24.5 Å². The Kier molecular flexibility index (Phi) is 6.13. The molecule has 0 atom stereocenters. The Balaban J connectivity index is 1.07. The van der Waals surface area contributed by atoms with Gasteiger partial charge in [-0.1, -0.05) is 19.3 Å².